The summed E-state index contributed by atoms with van der Waals surface area (Å²) in [5, 5.41) is 18.2. The maximum Gasteiger partial charge on any atom is 0.289 e. The van der Waals surface area contributed by atoms with Gasteiger partial charge in [0.15, 0.2) is 11.5 Å². The predicted octanol–water partition coefficient (Wildman–Crippen LogP) is 2.86. The number of nitro benzene ring substituents is 1. The number of hydrazone groups is 1. The van der Waals surface area contributed by atoms with E-state index in [1.54, 1.807) is 24.3 Å². The number of para-hydroxylation sites is 1. The topological polar surface area (TPSA) is 179 Å². The standard InChI is InChI=1S/C28H31N5O9S/c1-19(2)30-28(35)18-42-21-11-9-20(10-12-21)16-29-31-27(34)17-32(23-14-13-22(40-3)15-25(23)41-4)43(38,39)26-8-6-5-7-24(26)33(36)37/h5-16,19H,17-18H2,1-4H3,(H,30,35)(H,31,34). The number of nitrogens with one attached hydrogen (secondary N) is 2. The SMILES string of the molecule is COc1ccc(N(CC(=O)NN=Cc2ccc(OCC(=O)NC(C)C)cc2)S(=O)(=O)c2ccccc2[N+](=O)[O-])c(OC)c1. The van der Waals surface area contributed by atoms with E-state index < -0.39 is 38.0 Å². The van der Waals surface area contributed by atoms with Gasteiger partial charge in [-0.1, -0.05) is 12.1 Å². The molecule has 43 heavy (non-hydrogen) atoms. The number of rotatable bonds is 14. The predicted molar refractivity (Wildman–Crippen MR) is 158 cm³/mol. The van der Waals surface area contributed by atoms with Crippen molar-refractivity contribution in [3.8, 4) is 17.2 Å². The molecular weight excluding hydrogens is 582 g/mol. The quantitative estimate of drug-likeness (QED) is 0.157. The lowest BCUT2D eigenvalue weighted by Gasteiger charge is -2.25. The van der Waals surface area contributed by atoms with E-state index in [0.29, 0.717) is 21.4 Å². The Balaban J connectivity index is 1.81. The Labute approximate surface area is 248 Å². The number of benzene rings is 3. The second kappa shape index (κ2) is 14.6. The van der Waals surface area contributed by atoms with Crippen LogP contribution in [-0.2, 0) is 19.6 Å². The normalized spacial score (nSPS) is 11.2. The van der Waals surface area contributed by atoms with Gasteiger partial charge in [-0.2, -0.15) is 5.10 Å². The molecule has 0 spiro atoms. The number of hydrogen-bond acceptors (Lipinski definition) is 10. The molecule has 0 aliphatic carbocycles. The monoisotopic (exact) mass is 613 g/mol. The number of amides is 2. The highest BCUT2D eigenvalue weighted by Gasteiger charge is 2.34. The van der Waals surface area contributed by atoms with Crippen LogP contribution in [0.1, 0.15) is 19.4 Å². The smallest absolute Gasteiger partial charge is 0.289 e. The van der Waals surface area contributed by atoms with Crippen LogP contribution in [0.4, 0.5) is 11.4 Å². The molecule has 0 aromatic heterocycles. The van der Waals surface area contributed by atoms with Crippen LogP contribution < -0.4 is 29.3 Å². The van der Waals surface area contributed by atoms with Gasteiger partial charge >= 0.3 is 0 Å². The van der Waals surface area contributed by atoms with Gasteiger partial charge in [-0.05, 0) is 61.9 Å². The molecule has 0 unspecified atom stereocenters. The number of carbonyl (C=O) groups excluding carboxylic acids is 2. The maximum atomic E-state index is 13.8. The van der Waals surface area contributed by atoms with Crippen molar-refractivity contribution in [3.63, 3.8) is 0 Å². The highest BCUT2D eigenvalue weighted by atomic mass is 32.2. The van der Waals surface area contributed by atoms with Crippen molar-refractivity contribution in [2.24, 2.45) is 5.10 Å². The van der Waals surface area contributed by atoms with Gasteiger partial charge in [-0.15, -0.1) is 0 Å². The van der Waals surface area contributed by atoms with Gasteiger partial charge in [-0.3, -0.25) is 24.0 Å². The minimum atomic E-state index is -4.66. The fourth-order valence-electron chi connectivity index (χ4n) is 3.74. The summed E-state index contributed by atoms with van der Waals surface area (Å²) in [6.45, 7) is 2.74. The minimum Gasteiger partial charge on any atom is -0.497 e. The zero-order chi connectivity index (χ0) is 31.6. The first-order valence-electron chi connectivity index (χ1n) is 12.8. The van der Waals surface area contributed by atoms with Crippen molar-refractivity contribution in [1.82, 2.24) is 10.7 Å². The largest absolute Gasteiger partial charge is 0.497 e. The minimum absolute atomic E-state index is 0.00724. The van der Waals surface area contributed by atoms with Crippen molar-refractivity contribution < 1.29 is 37.1 Å². The number of ether oxygens (including phenoxy) is 3. The van der Waals surface area contributed by atoms with Crippen molar-refractivity contribution in [2.45, 2.75) is 24.8 Å². The summed E-state index contributed by atoms with van der Waals surface area (Å²) in [5.41, 5.74) is 2.12. The van der Waals surface area contributed by atoms with Crippen molar-refractivity contribution in [3.05, 3.63) is 82.4 Å². The van der Waals surface area contributed by atoms with Crippen molar-refractivity contribution >= 4 is 39.4 Å². The molecule has 0 aliphatic rings. The van der Waals surface area contributed by atoms with E-state index in [-0.39, 0.29) is 30.0 Å². The molecule has 0 atom stereocenters. The van der Waals surface area contributed by atoms with Crippen LogP contribution >= 0.6 is 0 Å². The van der Waals surface area contributed by atoms with E-state index in [0.717, 1.165) is 12.1 Å². The fourth-order valence-corrected chi connectivity index (χ4v) is 5.33. The molecular formula is C28H31N5O9S. The van der Waals surface area contributed by atoms with Crippen molar-refractivity contribution in [2.75, 3.05) is 31.7 Å². The zero-order valence-corrected chi connectivity index (χ0v) is 24.7. The van der Waals surface area contributed by atoms with E-state index >= 15 is 0 Å². The molecule has 0 radical (unpaired) electrons. The number of carbonyl (C=O) groups is 2. The summed E-state index contributed by atoms with van der Waals surface area (Å²) in [7, 11) is -1.95. The first-order valence-corrected chi connectivity index (χ1v) is 14.2. The number of nitro groups is 1. The molecule has 15 heteroatoms. The van der Waals surface area contributed by atoms with Gasteiger partial charge in [0.05, 0.1) is 31.0 Å². The molecule has 0 saturated carbocycles. The molecule has 0 saturated heterocycles. The first kappa shape index (κ1) is 32.3. The van der Waals surface area contributed by atoms with Crippen LogP contribution in [-0.4, -0.2) is 64.8 Å². The Morgan fingerprint density at radius 1 is 1.00 bits per heavy atom. The lowest BCUT2D eigenvalue weighted by Crippen LogP contribution is -2.40. The average molecular weight is 614 g/mol. The molecule has 2 N–H and O–H groups in total. The first-order chi connectivity index (χ1) is 20.5. The van der Waals surface area contributed by atoms with E-state index in [1.165, 1.54) is 50.8 Å². The Morgan fingerprint density at radius 2 is 1.67 bits per heavy atom. The summed E-state index contributed by atoms with van der Waals surface area (Å²) >= 11 is 0. The Bertz CT molecular complexity index is 1590. The summed E-state index contributed by atoms with van der Waals surface area (Å²) < 4.78 is 44.2. The molecule has 3 aromatic rings. The molecule has 0 aliphatic heterocycles. The van der Waals surface area contributed by atoms with E-state index in [2.05, 4.69) is 15.8 Å². The summed E-state index contributed by atoms with van der Waals surface area (Å²) in [4.78, 5) is 34.8. The van der Waals surface area contributed by atoms with E-state index in [1.807, 2.05) is 13.8 Å². The van der Waals surface area contributed by atoms with Crippen LogP contribution in [0.2, 0.25) is 0 Å². The lowest BCUT2D eigenvalue weighted by molar-refractivity contribution is -0.387. The third-order valence-corrected chi connectivity index (χ3v) is 7.48. The van der Waals surface area contributed by atoms with Gasteiger partial charge in [0.2, 0.25) is 0 Å². The number of nitrogens with zero attached hydrogens (tertiary/aromatic N) is 3. The lowest BCUT2D eigenvalue weighted by atomic mass is 10.2. The average Bonchev–Trinajstić information content (AvgIpc) is 2.98. The summed E-state index contributed by atoms with van der Waals surface area (Å²) in [6.07, 6.45) is 1.32. The highest BCUT2D eigenvalue weighted by molar-refractivity contribution is 7.93. The Kier molecular flexibility index (Phi) is 11.0. The number of anilines is 1. The Hall–Kier alpha value is -5.18. The van der Waals surface area contributed by atoms with E-state index in [4.69, 9.17) is 14.2 Å². The van der Waals surface area contributed by atoms with Gasteiger partial charge in [0.1, 0.15) is 23.8 Å². The van der Waals surface area contributed by atoms with Gasteiger partial charge in [0.25, 0.3) is 27.5 Å². The van der Waals surface area contributed by atoms with Crippen LogP contribution in [0.5, 0.6) is 17.2 Å². The molecule has 0 fully saturated rings. The maximum absolute atomic E-state index is 13.8. The van der Waals surface area contributed by atoms with Crippen LogP contribution in [0.15, 0.2) is 76.7 Å². The number of sulfonamides is 1. The summed E-state index contributed by atoms with van der Waals surface area (Å²) in [6, 6.07) is 15.5. The molecule has 0 bridgehead atoms. The third-order valence-electron chi connectivity index (χ3n) is 5.68. The van der Waals surface area contributed by atoms with Gasteiger partial charge in [-0.25, -0.2) is 13.8 Å². The van der Waals surface area contributed by atoms with Crippen LogP contribution in [0, 0.1) is 10.1 Å². The number of hydrogen-bond donors (Lipinski definition) is 2. The Morgan fingerprint density at radius 3 is 2.30 bits per heavy atom. The molecule has 3 aromatic carbocycles. The van der Waals surface area contributed by atoms with Crippen molar-refractivity contribution in [1.29, 1.82) is 0 Å². The molecule has 3 rings (SSSR count). The second-order valence-electron chi connectivity index (χ2n) is 9.15. The van der Waals surface area contributed by atoms with E-state index in [9.17, 15) is 28.1 Å². The summed E-state index contributed by atoms with van der Waals surface area (Å²) in [5.74, 6) is -0.250. The third kappa shape index (κ3) is 8.65. The van der Waals surface area contributed by atoms with Crippen LogP contribution in [0.25, 0.3) is 0 Å². The second-order valence-corrected chi connectivity index (χ2v) is 11.0. The van der Waals surface area contributed by atoms with Gasteiger partial charge < -0.3 is 19.5 Å². The highest BCUT2D eigenvalue weighted by Crippen LogP contribution is 2.37. The van der Waals surface area contributed by atoms with Gasteiger partial charge in [0, 0.05) is 18.2 Å². The molecule has 2 amide bonds. The molecule has 0 heterocycles. The number of methoxy groups -OCH3 is 2. The molecule has 14 nitrogen and oxygen atoms in total. The molecule has 228 valence electrons. The fraction of sp³-hybridized carbons (Fsp3) is 0.250. The van der Waals surface area contributed by atoms with Crippen LogP contribution in [0.3, 0.4) is 0 Å². The zero-order valence-electron chi connectivity index (χ0n) is 23.8.